The van der Waals surface area contributed by atoms with Crippen molar-refractivity contribution in [3.05, 3.63) is 94.0 Å². The van der Waals surface area contributed by atoms with Gasteiger partial charge in [-0.2, -0.15) is 5.10 Å². The number of carbonyl (C=O) groups is 2. The Morgan fingerprint density at radius 3 is 2.59 bits per heavy atom. The number of ether oxygens (including phenoxy) is 3. The molecule has 0 radical (unpaired) electrons. The molecule has 0 saturated carbocycles. The maximum atomic E-state index is 12.3. The van der Waals surface area contributed by atoms with Crippen LogP contribution >= 0.6 is 22.9 Å². The van der Waals surface area contributed by atoms with Crippen molar-refractivity contribution in [1.29, 1.82) is 0 Å². The van der Waals surface area contributed by atoms with Crippen LogP contribution in [-0.4, -0.2) is 48.5 Å². The van der Waals surface area contributed by atoms with Gasteiger partial charge in [0.1, 0.15) is 35.5 Å². The molecule has 0 aliphatic carbocycles. The van der Waals surface area contributed by atoms with Crippen molar-refractivity contribution in [2.45, 2.75) is 6.42 Å². The first kappa shape index (κ1) is 27.6. The number of rotatable bonds is 12. The van der Waals surface area contributed by atoms with E-state index >= 15 is 0 Å². The summed E-state index contributed by atoms with van der Waals surface area (Å²) < 4.78 is 16.7. The fraction of sp³-hybridized carbons (Fsp3) is 0.148. The third-order valence-electron chi connectivity index (χ3n) is 5.05. The average Bonchev–Trinajstić information content (AvgIpc) is 3.38. The second-order valence-corrected chi connectivity index (χ2v) is 9.35. The molecule has 4 rings (SSSR count). The van der Waals surface area contributed by atoms with Crippen LogP contribution < -0.4 is 25.0 Å². The van der Waals surface area contributed by atoms with E-state index < -0.39 is 5.91 Å². The molecule has 4 aromatic rings. The van der Waals surface area contributed by atoms with Gasteiger partial charge in [-0.15, -0.1) is 10.2 Å². The number of anilines is 1. The molecule has 0 aliphatic heterocycles. The molecule has 2 N–H and O–H groups in total. The van der Waals surface area contributed by atoms with E-state index in [2.05, 4.69) is 26.0 Å². The number of methoxy groups -OCH3 is 1. The van der Waals surface area contributed by atoms with Crippen molar-refractivity contribution in [2.75, 3.05) is 25.6 Å². The zero-order valence-electron chi connectivity index (χ0n) is 20.8. The average molecular weight is 566 g/mol. The van der Waals surface area contributed by atoms with Gasteiger partial charge in [0, 0.05) is 22.2 Å². The number of carbonyl (C=O) groups excluding carboxylic acids is 2. The van der Waals surface area contributed by atoms with Crippen molar-refractivity contribution < 1.29 is 23.8 Å². The van der Waals surface area contributed by atoms with Crippen LogP contribution in [0.15, 0.2) is 77.9 Å². The van der Waals surface area contributed by atoms with Gasteiger partial charge in [-0.1, -0.05) is 47.2 Å². The minimum atomic E-state index is -0.403. The third kappa shape index (κ3) is 8.52. The number of nitrogens with one attached hydrogen (secondary N) is 2. The first-order valence-electron chi connectivity index (χ1n) is 11.7. The molecule has 2 amide bonds. The minimum absolute atomic E-state index is 0.0588. The number of nitrogens with zero attached hydrogens (tertiary/aromatic N) is 3. The molecular formula is C27H24ClN5O5S. The molecule has 3 aromatic carbocycles. The van der Waals surface area contributed by atoms with E-state index in [-0.39, 0.29) is 18.9 Å². The summed E-state index contributed by atoms with van der Waals surface area (Å²) >= 11 is 7.23. The summed E-state index contributed by atoms with van der Waals surface area (Å²) in [5, 5.41) is 15.8. The molecule has 200 valence electrons. The predicted molar refractivity (Wildman–Crippen MR) is 149 cm³/mol. The molecule has 0 bridgehead atoms. The number of amides is 2. The van der Waals surface area contributed by atoms with Gasteiger partial charge in [-0.05, 0) is 42.5 Å². The number of aromatic nitrogens is 2. The standard InChI is InChI=1S/C27H24ClN5O5S/c1-36-21-8-5-9-22(15-21)37-12-13-38-23-11-10-20(28)14-19(23)17-29-31-24(34)16-25-32-33-27(39-25)30-26(35)18-6-3-2-4-7-18/h2-11,14-15,17H,12-13,16H2,1H3,(H,31,34)(H,30,33,35)/b29-17-. The highest BCUT2D eigenvalue weighted by Gasteiger charge is 2.12. The van der Waals surface area contributed by atoms with Gasteiger partial charge in [-0.3, -0.25) is 14.9 Å². The molecule has 0 unspecified atom stereocenters. The van der Waals surface area contributed by atoms with E-state index in [9.17, 15) is 9.59 Å². The molecule has 1 aromatic heterocycles. The Balaban J connectivity index is 1.26. The number of hydrogen-bond acceptors (Lipinski definition) is 9. The van der Waals surface area contributed by atoms with Crippen molar-refractivity contribution in [1.82, 2.24) is 15.6 Å². The topological polar surface area (TPSA) is 124 Å². The van der Waals surface area contributed by atoms with Crippen LogP contribution in [0.1, 0.15) is 20.9 Å². The van der Waals surface area contributed by atoms with E-state index in [1.165, 1.54) is 6.21 Å². The molecule has 0 aliphatic rings. The van der Waals surface area contributed by atoms with E-state index in [4.69, 9.17) is 25.8 Å². The molecule has 0 saturated heterocycles. The van der Waals surface area contributed by atoms with E-state index in [1.807, 2.05) is 24.3 Å². The molecule has 39 heavy (non-hydrogen) atoms. The second kappa shape index (κ2) is 13.9. The van der Waals surface area contributed by atoms with Crippen LogP contribution in [0.5, 0.6) is 17.2 Å². The van der Waals surface area contributed by atoms with E-state index in [1.54, 1.807) is 55.6 Å². The lowest BCUT2D eigenvalue weighted by Gasteiger charge is -2.11. The third-order valence-corrected chi connectivity index (χ3v) is 6.12. The molecule has 1 heterocycles. The van der Waals surface area contributed by atoms with E-state index in [0.717, 1.165) is 11.3 Å². The van der Waals surface area contributed by atoms with Crippen molar-refractivity contribution >= 4 is 46.1 Å². The van der Waals surface area contributed by atoms with Crippen molar-refractivity contribution in [3.8, 4) is 17.2 Å². The Hall–Kier alpha value is -4.48. The second-order valence-electron chi connectivity index (χ2n) is 7.85. The van der Waals surface area contributed by atoms with Crippen LogP contribution in [0.2, 0.25) is 5.02 Å². The highest BCUT2D eigenvalue weighted by molar-refractivity contribution is 7.15. The van der Waals surface area contributed by atoms with Gasteiger partial charge < -0.3 is 14.2 Å². The predicted octanol–water partition coefficient (Wildman–Crippen LogP) is 4.60. The lowest BCUT2D eigenvalue weighted by atomic mass is 10.2. The summed E-state index contributed by atoms with van der Waals surface area (Å²) in [6, 6.07) is 21.1. The minimum Gasteiger partial charge on any atom is -0.497 e. The summed E-state index contributed by atoms with van der Waals surface area (Å²) in [6.07, 6.45) is 1.38. The Morgan fingerprint density at radius 2 is 1.77 bits per heavy atom. The lowest BCUT2D eigenvalue weighted by molar-refractivity contribution is -0.120. The molecule has 0 spiro atoms. The van der Waals surface area contributed by atoms with Gasteiger partial charge in [-0.25, -0.2) is 5.43 Å². The smallest absolute Gasteiger partial charge is 0.257 e. The van der Waals surface area contributed by atoms with Crippen LogP contribution in [0.3, 0.4) is 0 Å². The fourth-order valence-corrected chi connectivity index (χ4v) is 4.15. The monoisotopic (exact) mass is 565 g/mol. The number of benzene rings is 3. The summed E-state index contributed by atoms with van der Waals surface area (Å²) in [4.78, 5) is 24.6. The van der Waals surface area contributed by atoms with Gasteiger partial charge in [0.2, 0.25) is 11.0 Å². The highest BCUT2D eigenvalue weighted by Crippen LogP contribution is 2.22. The zero-order chi connectivity index (χ0) is 27.5. The van der Waals surface area contributed by atoms with Crippen LogP contribution in [0.25, 0.3) is 0 Å². The van der Waals surface area contributed by atoms with Gasteiger partial charge >= 0.3 is 0 Å². The Morgan fingerprint density at radius 1 is 0.974 bits per heavy atom. The summed E-state index contributed by atoms with van der Waals surface area (Å²) in [5.74, 6) is 1.18. The lowest BCUT2D eigenvalue weighted by Crippen LogP contribution is -2.19. The van der Waals surface area contributed by atoms with Crippen molar-refractivity contribution in [2.24, 2.45) is 5.10 Å². The molecule has 12 heteroatoms. The Bertz CT molecular complexity index is 1450. The Labute approximate surface area is 233 Å². The maximum Gasteiger partial charge on any atom is 0.257 e. The zero-order valence-corrected chi connectivity index (χ0v) is 22.4. The normalized spacial score (nSPS) is 10.7. The van der Waals surface area contributed by atoms with Gasteiger partial charge in [0.05, 0.1) is 19.7 Å². The molecule has 0 fully saturated rings. The SMILES string of the molecule is COc1cccc(OCCOc2ccc(Cl)cc2/C=N\NC(=O)Cc2nnc(NC(=O)c3ccccc3)s2)c1. The molecular weight excluding hydrogens is 542 g/mol. The number of hydrazone groups is 1. The van der Waals surface area contributed by atoms with Crippen LogP contribution in [0, 0.1) is 0 Å². The number of halogens is 1. The van der Waals surface area contributed by atoms with Gasteiger partial charge in [0.25, 0.3) is 5.91 Å². The molecule has 0 atom stereocenters. The first-order chi connectivity index (χ1) is 19.0. The Kier molecular flexibility index (Phi) is 9.81. The maximum absolute atomic E-state index is 12.3. The van der Waals surface area contributed by atoms with E-state index in [0.29, 0.717) is 50.1 Å². The van der Waals surface area contributed by atoms with Crippen molar-refractivity contribution in [3.63, 3.8) is 0 Å². The fourth-order valence-electron chi connectivity index (χ4n) is 3.24. The van der Waals surface area contributed by atoms with Gasteiger partial charge in [0.15, 0.2) is 0 Å². The quantitative estimate of drug-likeness (QED) is 0.146. The summed E-state index contributed by atoms with van der Waals surface area (Å²) in [5.41, 5.74) is 3.52. The van der Waals surface area contributed by atoms with Crippen LogP contribution in [0.4, 0.5) is 5.13 Å². The largest absolute Gasteiger partial charge is 0.497 e. The summed E-state index contributed by atoms with van der Waals surface area (Å²) in [7, 11) is 1.59. The highest BCUT2D eigenvalue weighted by atomic mass is 35.5. The first-order valence-corrected chi connectivity index (χ1v) is 12.9. The summed E-state index contributed by atoms with van der Waals surface area (Å²) in [6.45, 7) is 0.574. The molecule has 10 nitrogen and oxygen atoms in total. The number of hydrogen-bond donors (Lipinski definition) is 2. The van der Waals surface area contributed by atoms with Crippen LogP contribution in [-0.2, 0) is 11.2 Å².